The van der Waals surface area contributed by atoms with Crippen LogP contribution in [0.1, 0.15) is 26.7 Å². The highest BCUT2D eigenvalue weighted by Gasteiger charge is 2.59. The number of aliphatic imine (C=N–C) groups is 1. The molecule has 12 heteroatoms. The third-order valence-electron chi connectivity index (χ3n) is 4.86. The molecule has 2 atom stereocenters. The zero-order valence-corrected chi connectivity index (χ0v) is 17.9. The van der Waals surface area contributed by atoms with Crippen LogP contribution in [-0.2, 0) is 20.3 Å². The van der Waals surface area contributed by atoms with E-state index in [1.165, 1.54) is 13.1 Å². The Balaban J connectivity index is 1.73. The minimum Gasteiger partial charge on any atom is -0.369 e. The maximum atomic E-state index is 12.8. The van der Waals surface area contributed by atoms with Crippen LogP contribution >= 0.6 is 22.9 Å². The normalized spacial score (nSPS) is 25.4. The predicted octanol–water partition coefficient (Wildman–Crippen LogP) is 1.89. The lowest BCUT2D eigenvalue weighted by Gasteiger charge is -2.37. The summed E-state index contributed by atoms with van der Waals surface area (Å²) < 4.78 is 32.1. The Morgan fingerprint density at radius 3 is 2.97 bits per heavy atom. The van der Waals surface area contributed by atoms with Gasteiger partial charge < -0.3 is 15.8 Å². The number of aryl methyl sites for hydroxylation is 1. The van der Waals surface area contributed by atoms with Gasteiger partial charge in [0.2, 0.25) is 11.4 Å². The van der Waals surface area contributed by atoms with E-state index >= 15 is 0 Å². The number of carbonyl (C=O) groups is 1. The predicted molar refractivity (Wildman–Crippen MR) is 111 cm³/mol. The number of thiophene rings is 1. The number of nitrogens with zero attached hydrogens (tertiary/aromatic N) is 3. The van der Waals surface area contributed by atoms with Crippen molar-refractivity contribution in [3.8, 4) is 0 Å². The number of hydrogen-bond donors (Lipinski definition) is 2. The first kappa shape index (κ1) is 20.1. The number of aromatic nitrogens is 1. The fraction of sp³-hybridized carbons (Fsp3) is 0.353. The van der Waals surface area contributed by atoms with Crippen molar-refractivity contribution < 1.29 is 17.9 Å². The first-order valence-electron chi connectivity index (χ1n) is 8.64. The monoisotopic (exact) mass is 455 g/mol. The van der Waals surface area contributed by atoms with Gasteiger partial charge in [-0.2, -0.15) is 0 Å². The molecule has 1 amide bonds. The molecule has 9 nitrogen and oxygen atoms in total. The Bertz CT molecular complexity index is 1130. The minimum atomic E-state index is -3.88. The summed E-state index contributed by atoms with van der Waals surface area (Å²) in [4.78, 5) is 22.1. The number of guanidine groups is 1. The molecule has 1 fully saturated rings. The number of hydrogen-bond acceptors (Lipinski definition) is 8. The second-order valence-electron chi connectivity index (χ2n) is 6.77. The third-order valence-corrected chi connectivity index (χ3v) is 8.59. The van der Waals surface area contributed by atoms with Crippen LogP contribution < -0.4 is 11.1 Å². The summed E-state index contributed by atoms with van der Waals surface area (Å²) in [5.41, 5.74) is 4.11. The number of sulfonamides is 1. The van der Waals surface area contributed by atoms with Crippen molar-refractivity contribution in [2.75, 3.05) is 19.0 Å². The first-order valence-corrected chi connectivity index (χ1v) is 11.3. The fourth-order valence-corrected chi connectivity index (χ4v) is 6.70. The fourth-order valence-electron chi connectivity index (χ4n) is 3.40. The van der Waals surface area contributed by atoms with E-state index in [4.69, 9.17) is 22.1 Å². The van der Waals surface area contributed by atoms with Gasteiger partial charge >= 0.3 is 0 Å². The number of pyridine rings is 1. The summed E-state index contributed by atoms with van der Waals surface area (Å²) in [6.07, 6.45) is 0.284. The Morgan fingerprint density at radius 1 is 1.48 bits per heavy atom. The van der Waals surface area contributed by atoms with Crippen molar-refractivity contribution in [2.24, 2.45) is 10.7 Å². The number of rotatable bonds is 3. The number of nitrogens with one attached hydrogen (secondary N) is 1. The summed E-state index contributed by atoms with van der Waals surface area (Å²) in [5.74, 6) is -0.141. The van der Waals surface area contributed by atoms with Gasteiger partial charge in [0.25, 0.3) is 15.9 Å². The molecule has 0 aliphatic carbocycles. The van der Waals surface area contributed by atoms with Crippen molar-refractivity contribution >= 4 is 50.6 Å². The molecule has 2 aliphatic heterocycles. The SMILES string of the molecule is Cc1cccc(NC(=O)c2cc(Cl)c(C34CCOC3S(=O)(=O)N(C)C(N)=N4)s2)n1. The molecule has 2 aromatic heterocycles. The molecule has 2 aliphatic rings. The quantitative estimate of drug-likeness (QED) is 0.727. The van der Waals surface area contributed by atoms with Crippen LogP contribution in [0.25, 0.3) is 0 Å². The summed E-state index contributed by atoms with van der Waals surface area (Å²) in [7, 11) is -2.56. The van der Waals surface area contributed by atoms with Gasteiger partial charge in [-0.25, -0.2) is 22.7 Å². The standard InChI is InChI=1S/C17H18ClN5O4S2/c1-9-4-3-5-12(20-9)21-14(24)11-8-10(18)13(28-11)17-6-7-27-15(17)29(25,26)23(2)16(19)22-17/h3-5,8,15H,6-7H2,1-2H3,(H2,19,22)(H,20,21,24). The van der Waals surface area contributed by atoms with Gasteiger partial charge in [-0.3, -0.25) is 4.79 Å². The number of amides is 1. The maximum Gasteiger partial charge on any atom is 0.267 e. The van der Waals surface area contributed by atoms with Crippen LogP contribution in [-0.4, -0.2) is 48.7 Å². The van der Waals surface area contributed by atoms with Crippen LogP contribution in [0.5, 0.6) is 0 Å². The van der Waals surface area contributed by atoms with Crippen molar-refractivity contribution in [1.82, 2.24) is 9.29 Å². The van der Waals surface area contributed by atoms with Gasteiger partial charge in [-0.1, -0.05) is 17.7 Å². The van der Waals surface area contributed by atoms with E-state index < -0.39 is 26.9 Å². The van der Waals surface area contributed by atoms with Crippen molar-refractivity contribution in [2.45, 2.75) is 24.3 Å². The molecule has 2 unspecified atom stereocenters. The van der Waals surface area contributed by atoms with Crippen LogP contribution in [0.4, 0.5) is 5.82 Å². The average Bonchev–Trinajstić information content (AvgIpc) is 3.25. The van der Waals surface area contributed by atoms with E-state index in [9.17, 15) is 13.2 Å². The van der Waals surface area contributed by atoms with Gasteiger partial charge in [0.05, 0.1) is 21.4 Å². The molecular formula is C17H18ClN5O4S2. The highest BCUT2D eigenvalue weighted by molar-refractivity contribution is 7.90. The average molecular weight is 456 g/mol. The molecule has 0 spiro atoms. The van der Waals surface area contributed by atoms with Crippen molar-refractivity contribution in [3.63, 3.8) is 0 Å². The van der Waals surface area contributed by atoms with Gasteiger partial charge in [0.15, 0.2) is 0 Å². The topological polar surface area (TPSA) is 127 Å². The largest absolute Gasteiger partial charge is 0.369 e. The van der Waals surface area contributed by atoms with Gasteiger partial charge in [-0.15, -0.1) is 11.3 Å². The number of fused-ring (bicyclic) bond motifs is 1. The Hall–Kier alpha value is -2.21. The molecule has 4 heterocycles. The summed E-state index contributed by atoms with van der Waals surface area (Å²) in [5, 5.41) is 2.96. The molecule has 154 valence electrons. The third kappa shape index (κ3) is 3.18. The van der Waals surface area contributed by atoms with Crippen LogP contribution in [0.2, 0.25) is 5.02 Å². The number of halogens is 1. The number of nitrogens with two attached hydrogens (primary N) is 1. The molecule has 0 radical (unpaired) electrons. The lowest BCUT2D eigenvalue weighted by molar-refractivity contribution is 0.103. The second kappa shape index (κ2) is 6.94. The minimum absolute atomic E-state index is 0.147. The van der Waals surface area contributed by atoms with E-state index in [1.54, 1.807) is 12.1 Å². The van der Waals surface area contributed by atoms with Crippen LogP contribution in [0, 0.1) is 6.92 Å². The summed E-state index contributed by atoms with van der Waals surface area (Å²) in [6, 6.07) is 6.77. The maximum absolute atomic E-state index is 12.8. The Morgan fingerprint density at radius 2 is 2.24 bits per heavy atom. The molecule has 0 aromatic carbocycles. The van der Waals surface area contributed by atoms with Gasteiger partial charge in [0, 0.05) is 19.2 Å². The Labute approximate surface area is 176 Å². The van der Waals surface area contributed by atoms with Crippen LogP contribution in [0.15, 0.2) is 29.3 Å². The zero-order chi connectivity index (χ0) is 21.0. The van der Waals surface area contributed by atoms with Gasteiger partial charge in [-0.05, 0) is 25.1 Å². The highest BCUT2D eigenvalue weighted by atomic mass is 35.5. The zero-order valence-electron chi connectivity index (χ0n) is 15.5. The molecule has 1 saturated heterocycles. The van der Waals surface area contributed by atoms with E-state index in [2.05, 4.69) is 15.3 Å². The van der Waals surface area contributed by atoms with Crippen LogP contribution in [0.3, 0.4) is 0 Å². The van der Waals surface area contributed by atoms with Crippen molar-refractivity contribution in [1.29, 1.82) is 0 Å². The molecule has 0 bridgehead atoms. The number of carbonyl (C=O) groups excluding carboxylic acids is 1. The molecule has 29 heavy (non-hydrogen) atoms. The smallest absolute Gasteiger partial charge is 0.267 e. The first-order chi connectivity index (χ1) is 13.6. The number of anilines is 1. The van der Waals surface area contributed by atoms with E-state index in [1.807, 2.05) is 13.0 Å². The van der Waals surface area contributed by atoms with Crippen molar-refractivity contribution in [3.05, 3.63) is 44.7 Å². The molecule has 0 saturated carbocycles. The molecule has 2 aromatic rings. The lowest BCUT2D eigenvalue weighted by atomic mass is 9.97. The molecule has 3 N–H and O–H groups in total. The van der Waals surface area contributed by atoms with E-state index in [-0.39, 0.29) is 24.0 Å². The number of ether oxygens (including phenoxy) is 1. The van der Waals surface area contributed by atoms with Gasteiger partial charge in [0.1, 0.15) is 11.4 Å². The van der Waals surface area contributed by atoms with E-state index in [0.717, 1.165) is 21.3 Å². The molecule has 4 rings (SSSR count). The summed E-state index contributed by atoms with van der Waals surface area (Å²) >= 11 is 7.50. The molecular weight excluding hydrogens is 438 g/mol. The van der Waals surface area contributed by atoms with E-state index in [0.29, 0.717) is 15.6 Å². The highest BCUT2D eigenvalue weighted by Crippen LogP contribution is 2.50. The Kier molecular flexibility index (Phi) is 4.80. The summed E-state index contributed by atoms with van der Waals surface area (Å²) in [6.45, 7) is 2.00. The second-order valence-corrected chi connectivity index (χ2v) is 10.2. The lowest BCUT2D eigenvalue weighted by Crippen LogP contribution is -2.55.